The minimum atomic E-state index is 0.0999. The van der Waals surface area contributed by atoms with Crippen LogP contribution < -0.4 is 5.73 Å². The van der Waals surface area contributed by atoms with Gasteiger partial charge in [-0.05, 0) is 41.7 Å². The minimum absolute atomic E-state index is 0.0999. The first-order valence-electron chi connectivity index (χ1n) is 4.77. The van der Waals surface area contributed by atoms with Crippen molar-refractivity contribution in [1.29, 1.82) is 0 Å². The molecule has 1 heterocycles. The number of nitrogens with two attached hydrogens (primary N) is 1. The first kappa shape index (κ1) is 11.7. The van der Waals surface area contributed by atoms with Gasteiger partial charge in [0.15, 0.2) is 0 Å². The van der Waals surface area contributed by atoms with Gasteiger partial charge in [-0.25, -0.2) is 0 Å². The van der Waals surface area contributed by atoms with Crippen molar-refractivity contribution in [1.82, 2.24) is 9.78 Å². The Morgan fingerprint density at radius 2 is 2.00 bits per heavy atom. The summed E-state index contributed by atoms with van der Waals surface area (Å²) < 4.78 is 3.12. The first-order valence-corrected chi connectivity index (χ1v) is 5.56. The quantitative estimate of drug-likeness (QED) is 0.905. The Kier molecular flexibility index (Phi) is 3.37. The monoisotopic (exact) mass is 259 g/mol. The summed E-state index contributed by atoms with van der Waals surface area (Å²) >= 11 is 3.51. The molecular weight excluding hydrogens is 242 g/mol. The van der Waals surface area contributed by atoms with Crippen molar-refractivity contribution in [3.8, 4) is 0 Å². The molecule has 0 aromatic carbocycles. The lowest BCUT2D eigenvalue weighted by Crippen LogP contribution is -2.29. The Balaban J connectivity index is 2.93. The number of rotatable bonds is 3. The molecule has 0 fully saturated rings. The standard InChI is InChI=1S/C10H18BrN3/c1-7-9(11)8(2)14(13-7)6-10(3,4)5-12/h5-6,12H2,1-4H3. The topological polar surface area (TPSA) is 43.8 Å². The summed E-state index contributed by atoms with van der Waals surface area (Å²) in [6.07, 6.45) is 0. The highest BCUT2D eigenvalue weighted by atomic mass is 79.9. The molecule has 80 valence electrons. The molecule has 1 rings (SSSR count). The molecule has 1 aromatic rings. The third-order valence-corrected chi connectivity index (χ3v) is 3.57. The average molecular weight is 260 g/mol. The zero-order chi connectivity index (χ0) is 10.9. The molecule has 0 radical (unpaired) electrons. The second kappa shape index (κ2) is 4.03. The molecule has 0 atom stereocenters. The van der Waals surface area contributed by atoms with Crippen LogP contribution in [0.2, 0.25) is 0 Å². The molecule has 0 saturated carbocycles. The van der Waals surface area contributed by atoms with Gasteiger partial charge in [-0.1, -0.05) is 13.8 Å². The Hall–Kier alpha value is -0.350. The van der Waals surface area contributed by atoms with Crippen LogP contribution in [-0.4, -0.2) is 16.3 Å². The fourth-order valence-electron chi connectivity index (χ4n) is 1.30. The van der Waals surface area contributed by atoms with Crippen molar-refractivity contribution >= 4 is 15.9 Å². The number of hydrogen-bond donors (Lipinski definition) is 1. The molecule has 3 nitrogen and oxygen atoms in total. The van der Waals surface area contributed by atoms with Crippen LogP contribution in [0.25, 0.3) is 0 Å². The van der Waals surface area contributed by atoms with Gasteiger partial charge in [-0.2, -0.15) is 5.10 Å². The highest BCUT2D eigenvalue weighted by Gasteiger charge is 2.19. The van der Waals surface area contributed by atoms with Crippen LogP contribution >= 0.6 is 15.9 Å². The maximum Gasteiger partial charge on any atom is 0.0738 e. The maximum absolute atomic E-state index is 5.70. The summed E-state index contributed by atoms with van der Waals surface area (Å²) in [6.45, 7) is 9.90. The summed E-state index contributed by atoms with van der Waals surface area (Å²) in [6, 6.07) is 0. The Morgan fingerprint density at radius 1 is 1.43 bits per heavy atom. The van der Waals surface area contributed by atoms with E-state index in [0.29, 0.717) is 6.54 Å². The minimum Gasteiger partial charge on any atom is -0.330 e. The van der Waals surface area contributed by atoms with E-state index in [4.69, 9.17) is 5.73 Å². The van der Waals surface area contributed by atoms with Gasteiger partial charge >= 0.3 is 0 Å². The molecule has 0 aliphatic rings. The van der Waals surface area contributed by atoms with Crippen LogP contribution in [0.3, 0.4) is 0 Å². The van der Waals surface area contributed by atoms with E-state index in [9.17, 15) is 0 Å². The molecule has 14 heavy (non-hydrogen) atoms. The van der Waals surface area contributed by atoms with Gasteiger partial charge in [0.2, 0.25) is 0 Å². The fourth-order valence-corrected chi connectivity index (χ4v) is 1.58. The highest BCUT2D eigenvalue weighted by Crippen LogP contribution is 2.23. The van der Waals surface area contributed by atoms with Crippen LogP contribution in [0.1, 0.15) is 25.2 Å². The smallest absolute Gasteiger partial charge is 0.0738 e. The van der Waals surface area contributed by atoms with Gasteiger partial charge in [0.1, 0.15) is 0 Å². The van der Waals surface area contributed by atoms with Crippen molar-refractivity contribution in [2.24, 2.45) is 11.1 Å². The van der Waals surface area contributed by atoms with Crippen molar-refractivity contribution < 1.29 is 0 Å². The number of aromatic nitrogens is 2. The third-order valence-electron chi connectivity index (χ3n) is 2.42. The van der Waals surface area contributed by atoms with Crippen LogP contribution in [0.4, 0.5) is 0 Å². The maximum atomic E-state index is 5.70. The molecule has 0 bridgehead atoms. The number of aryl methyl sites for hydroxylation is 1. The second-order valence-electron chi connectivity index (χ2n) is 4.51. The van der Waals surface area contributed by atoms with Crippen LogP contribution in [0.5, 0.6) is 0 Å². The van der Waals surface area contributed by atoms with Gasteiger partial charge in [0, 0.05) is 12.2 Å². The molecule has 0 amide bonds. The predicted molar refractivity (Wildman–Crippen MR) is 62.2 cm³/mol. The highest BCUT2D eigenvalue weighted by molar-refractivity contribution is 9.10. The van der Waals surface area contributed by atoms with Crippen molar-refractivity contribution in [2.75, 3.05) is 6.54 Å². The fraction of sp³-hybridized carbons (Fsp3) is 0.700. The normalized spacial score (nSPS) is 12.1. The third kappa shape index (κ3) is 2.36. The van der Waals surface area contributed by atoms with E-state index in [1.54, 1.807) is 0 Å². The van der Waals surface area contributed by atoms with Gasteiger partial charge in [-0.15, -0.1) is 0 Å². The average Bonchev–Trinajstić information content (AvgIpc) is 2.33. The van der Waals surface area contributed by atoms with E-state index >= 15 is 0 Å². The van der Waals surface area contributed by atoms with E-state index in [2.05, 4.69) is 41.8 Å². The lowest BCUT2D eigenvalue weighted by molar-refractivity contribution is 0.298. The molecule has 1 aromatic heterocycles. The number of hydrogen-bond acceptors (Lipinski definition) is 2. The summed E-state index contributed by atoms with van der Waals surface area (Å²) in [5.41, 5.74) is 8.00. The van der Waals surface area contributed by atoms with Crippen LogP contribution in [-0.2, 0) is 6.54 Å². The molecule has 0 aliphatic carbocycles. The number of nitrogens with zero attached hydrogens (tertiary/aromatic N) is 2. The molecule has 0 unspecified atom stereocenters. The zero-order valence-corrected chi connectivity index (χ0v) is 10.8. The van der Waals surface area contributed by atoms with E-state index in [-0.39, 0.29) is 5.41 Å². The number of halogens is 1. The van der Waals surface area contributed by atoms with Gasteiger partial charge in [0.05, 0.1) is 10.2 Å². The second-order valence-corrected chi connectivity index (χ2v) is 5.30. The summed E-state index contributed by atoms with van der Waals surface area (Å²) in [4.78, 5) is 0. The predicted octanol–water partition coefficient (Wildman–Crippen LogP) is 2.25. The lowest BCUT2D eigenvalue weighted by atomic mass is 9.94. The molecular formula is C10H18BrN3. The van der Waals surface area contributed by atoms with E-state index in [1.807, 2.05) is 11.6 Å². The van der Waals surface area contributed by atoms with Gasteiger partial charge in [-0.3, -0.25) is 4.68 Å². The van der Waals surface area contributed by atoms with Crippen LogP contribution in [0.15, 0.2) is 4.47 Å². The zero-order valence-electron chi connectivity index (χ0n) is 9.26. The molecule has 0 saturated heterocycles. The lowest BCUT2D eigenvalue weighted by Gasteiger charge is -2.22. The van der Waals surface area contributed by atoms with E-state index in [0.717, 1.165) is 16.7 Å². The van der Waals surface area contributed by atoms with Crippen LogP contribution in [0, 0.1) is 19.3 Å². The van der Waals surface area contributed by atoms with Gasteiger partial charge < -0.3 is 5.73 Å². The van der Waals surface area contributed by atoms with Crippen molar-refractivity contribution in [3.63, 3.8) is 0 Å². The SMILES string of the molecule is Cc1nn(CC(C)(C)CN)c(C)c1Br. The van der Waals surface area contributed by atoms with Crippen molar-refractivity contribution in [2.45, 2.75) is 34.2 Å². The van der Waals surface area contributed by atoms with E-state index in [1.165, 1.54) is 5.69 Å². The summed E-state index contributed by atoms with van der Waals surface area (Å²) in [5.74, 6) is 0. The Bertz CT molecular complexity index is 328. The Labute approximate surface area is 93.8 Å². The molecule has 0 aliphatic heterocycles. The molecule has 0 spiro atoms. The summed E-state index contributed by atoms with van der Waals surface area (Å²) in [5, 5.41) is 4.46. The largest absolute Gasteiger partial charge is 0.330 e. The first-order chi connectivity index (χ1) is 6.37. The van der Waals surface area contributed by atoms with Gasteiger partial charge in [0.25, 0.3) is 0 Å². The Morgan fingerprint density at radius 3 is 2.36 bits per heavy atom. The summed E-state index contributed by atoms with van der Waals surface area (Å²) in [7, 11) is 0. The molecule has 2 N–H and O–H groups in total. The van der Waals surface area contributed by atoms with Crippen molar-refractivity contribution in [3.05, 3.63) is 15.9 Å². The van der Waals surface area contributed by atoms with E-state index < -0.39 is 0 Å². The molecule has 4 heteroatoms.